The number of hydrogen-bond acceptors (Lipinski definition) is 1. The van der Waals surface area contributed by atoms with Crippen molar-refractivity contribution in [3.05, 3.63) is 28.8 Å². The van der Waals surface area contributed by atoms with Gasteiger partial charge in [-0.15, -0.1) is 0 Å². The molecule has 16 heavy (non-hydrogen) atoms. The molecule has 1 aromatic rings. The smallest absolute Gasteiger partial charge is 0.0473 e. The van der Waals surface area contributed by atoms with Crippen molar-refractivity contribution in [2.75, 3.05) is 11.9 Å². The van der Waals surface area contributed by atoms with Crippen molar-refractivity contribution >= 4 is 39.9 Å². The number of fused-ring (bicyclic) bond motifs is 3. The van der Waals surface area contributed by atoms with E-state index in [4.69, 9.17) is 11.6 Å². The van der Waals surface area contributed by atoms with E-state index in [1.54, 1.807) is 0 Å². The Kier molecular flexibility index (Phi) is 2.83. The van der Waals surface area contributed by atoms with Crippen LogP contribution in [0, 0.1) is 0 Å². The maximum absolute atomic E-state index is 6.12. The summed E-state index contributed by atoms with van der Waals surface area (Å²) in [5.74, 6) is 0.703. The molecule has 1 nitrogen and oxygen atoms in total. The van der Waals surface area contributed by atoms with E-state index in [1.165, 1.54) is 30.5 Å². The van der Waals surface area contributed by atoms with Gasteiger partial charge in [0.25, 0.3) is 0 Å². The molecular weight excluding hydrogens is 333 g/mol. The lowest BCUT2D eigenvalue weighted by atomic mass is 9.82. The molecule has 1 aliphatic heterocycles. The number of halogens is 2. The zero-order chi connectivity index (χ0) is 11.3. The van der Waals surface area contributed by atoms with Crippen molar-refractivity contribution in [1.82, 2.24) is 0 Å². The van der Waals surface area contributed by atoms with Gasteiger partial charge in [0, 0.05) is 33.6 Å². The van der Waals surface area contributed by atoms with Crippen molar-refractivity contribution in [2.24, 2.45) is 0 Å². The molecule has 3 rings (SSSR count). The third-order valence-corrected chi connectivity index (χ3v) is 5.59. The van der Waals surface area contributed by atoms with Crippen LogP contribution in [0.2, 0.25) is 5.02 Å². The summed E-state index contributed by atoms with van der Waals surface area (Å²) in [6.07, 6.45) is 4.03. The zero-order valence-corrected chi connectivity index (χ0v) is 12.2. The molecule has 1 fully saturated rings. The Morgan fingerprint density at radius 2 is 2.19 bits per heavy atom. The number of likely N-dealkylation sites (N-methyl/N-ethyl adjacent to an activating group) is 1. The van der Waals surface area contributed by atoms with Crippen LogP contribution in [0.1, 0.15) is 30.7 Å². The molecule has 3 unspecified atom stereocenters. The highest BCUT2D eigenvalue weighted by atomic mass is 127. The topological polar surface area (TPSA) is 3.24 Å². The van der Waals surface area contributed by atoms with Crippen LogP contribution in [0.3, 0.4) is 0 Å². The van der Waals surface area contributed by atoms with E-state index in [2.05, 4.69) is 46.7 Å². The van der Waals surface area contributed by atoms with E-state index >= 15 is 0 Å². The Morgan fingerprint density at radius 3 is 3.00 bits per heavy atom. The number of alkyl halides is 1. The normalized spacial score (nSPS) is 32.4. The van der Waals surface area contributed by atoms with Crippen LogP contribution >= 0.6 is 34.2 Å². The summed E-state index contributed by atoms with van der Waals surface area (Å²) in [5.41, 5.74) is 2.87. The Hall–Kier alpha value is 0.0400. The molecule has 3 heteroatoms. The predicted octanol–water partition coefficient (Wildman–Crippen LogP) is 4.23. The summed E-state index contributed by atoms with van der Waals surface area (Å²) in [7, 11) is 2.23. The van der Waals surface area contributed by atoms with E-state index < -0.39 is 0 Å². The lowest BCUT2D eigenvalue weighted by molar-refractivity contribution is 0.416. The molecule has 0 aromatic heterocycles. The molecule has 0 spiro atoms. The first-order valence-corrected chi connectivity index (χ1v) is 7.47. The molecule has 1 heterocycles. The van der Waals surface area contributed by atoms with E-state index in [0.29, 0.717) is 12.0 Å². The monoisotopic (exact) mass is 347 g/mol. The molecule has 3 atom stereocenters. The Bertz CT molecular complexity index is 420. The third kappa shape index (κ3) is 1.57. The molecule has 0 saturated heterocycles. The van der Waals surface area contributed by atoms with Crippen LogP contribution in [-0.4, -0.2) is 17.0 Å². The third-order valence-electron chi connectivity index (χ3n) is 3.99. The summed E-state index contributed by atoms with van der Waals surface area (Å²) in [5, 5.41) is 0.878. The molecule has 2 aliphatic rings. The minimum Gasteiger partial charge on any atom is -0.370 e. The van der Waals surface area contributed by atoms with Gasteiger partial charge in [0.15, 0.2) is 0 Å². The number of nitrogens with zero attached hydrogens (tertiary/aromatic N) is 1. The first-order chi connectivity index (χ1) is 7.68. The minimum absolute atomic E-state index is 0.683. The molecule has 0 amide bonds. The van der Waals surface area contributed by atoms with Crippen molar-refractivity contribution in [2.45, 2.75) is 35.1 Å². The molecule has 0 bridgehead atoms. The minimum atomic E-state index is 0.683. The predicted molar refractivity (Wildman–Crippen MR) is 78.0 cm³/mol. The van der Waals surface area contributed by atoms with Gasteiger partial charge in [-0.3, -0.25) is 0 Å². The second-order valence-electron chi connectivity index (χ2n) is 4.86. The SMILES string of the molecule is CN1c2ccc(Cl)cc2C2CCCC(I)C21. The lowest BCUT2D eigenvalue weighted by Gasteiger charge is -2.35. The summed E-state index contributed by atoms with van der Waals surface area (Å²) in [6, 6.07) is 7.05. The van der Waals surface area contributed by atoms with Crippen molar-refractivity contribution in [1.29, 1.82) is 0 Å². The van der Waals surface area contributed by atoms with Gasteiger partial charge in [-0.1, -0.05) is 40.6 Å². The first-order valence-electron chi connectivity index (χ1n) is 5.85. The Morgan fingerprint density at radius 1 is 1.38 bits per heavy atom. The zero-order valence-electron chi connectivity index (χ0n) is 9.29. The Labute approximate surface area is 115 Å². The highest BCUT2D eigenvalue weighted by Gasteiger charge is 2.42. The van der Waals surface area contributed by atoms with Gasteiger partial charge in [0.2, 0.25) is 0 Å². The largest absolute Gasteiger partial charge is 0.370 e. The van der Waals surface area contributed by atoms with Crippen molar-refractivity contribution in [3.63, 3.8) is 0 Å². The number of hydrogen-bond donors (Lipinski definition) is 0. The van der Waals surface area contributed by atoms with E-state index in [0.717, 1.165) is 8.95 Å². The molecular formula is C13H15ClIN. The summed E-state index contributed by atoms with van der Waals surface area (Å²) in [4.78, 5) is 2.46. The standard InChI is InChI=1S/C13H15ClIN/c1-16-12-6-5-8(14)7-10(12)9-3-2-4-11(15)13(9)16/h5-7,9,11,13H,2-4H2,1H3. The van der Waals surface area contributed by atoms with Crippen LogP contribution in [0.15, 0.2) is 18.2 Å². The maximum Gasteiger partial charge on any atom is 0.0473 e. The second kappa shape index (κ2) is 4.05. The van der Waals surface area contributed by atoms with Gasteiger partial charge < -0.3 is 4.90 Å². The lowest BCUT2D eigenvalue weighted by Crippen LogP contribution is -2.40. The quantitative estimate of drug-likeness (QED) is 0.501. The van der Waals surface area contributed by atoms with Crippen LogP contribution in [-0.2, 0) is 0 Å². The van der Waals surface area contributed by atoms with Gasteiger partial charge in [-0.25, -0.2) is 0 Å². The van der Waals surface area contributed by atoms with E-state index in [-0.39, 0.29) is 0 Å². The van der Waals surface area contributed by atoms with Gasteiger partial charge in [-0.2, -0.15) is 0 Å². The average molecular weight is 348 g/mol. The molecule has 1 aromatic carbocycles. The number of benzene rings is 1. The van der Waals surface area contributed by atoms with E-state index in [1.807, 2.05) is 6.07 Å². The summed E-state index contributed by atoms with van der Waals surface area (Å²) >= 11 is 8.74. The second-order valence-corrected chi connectivity index (χ2v) is 6.89. The van der Waals surface area contributed by atoms with Crippen LogP contribution in [0.5, 0.6) is 0 Å². The number of anilines is 1. The molecule has 1 saturated carbocycles. The highest BCUT2D eigenvalue weighted by molar-refractivity contribution is 14.1. The highest BCUT2D eigenvalue weighted by Crippen LogP contribution is 2.49. The van der Waals surface area contributed by atoms with Gasteiger partial charge in [0.05, 0.1) is 0 Å². The van der Waals surface area contributed by atoms with Gasteiger partial charge >= 0.3 is 0 Å². The van der Waals surface area contributed by atoms with Crippen LogP contribution < -0.4 is 4.90 Å². The Balaban J connectivity index is 2.08. The average Bonchev–Trinajstić information content (AvgIpc) is 2.54. The van der Waals surface area contributed by atoms with Crippen LogP contribution in [0.4, 0.5) is 5.69 Å². The molecule has 0 radical (unpaired) electrons. The summed E-state index contributed by atoms with van der Waals surface area (Å²) < 4.78 is 0.771. The fourth-order valence-electron chi connectivity index (χ4n) is 3.28. The number of rotatable bonds is 0. The fraction of sp³-hybridized carbons (Fsp3) is 0.538. The molecule has 0 N–H and O–H groups in total. The van der Waals surface area contributed by atoms with Gasteiger partial charge in [0.1, 0.15) is 0 Å². The van der Waals surface area contributed by atoms with Gasteiger partial charge in [-0.05, 0) is 36.6 Å². The van der Waals surface area contributed by atoms with E-state index in [9.17, 15) is 0 Å². The van der Waals surface area contributed by atoms with Crippen molar-refractivity contribution in [3.8, 4) is 0 Å². The van der Waals surface area contributed by atoms with Crippen LogP contribution in [0.25, 0.3) is 0 Å². The summed E-state index contributed by atoms with van der Waals surface area (Å²) in [6.45, 7) is 0. The fourth-order valence-corrected chi connectivity index (χ4v) is 4.89. The molecule has 1 aliphatic carbocycles. The van der Waals surface area contributed by atoms with Crippen molar-refractivity contribution < 1.29 is 0 Å². The molecule has 86 valence electrons. The maximum atomic E-state index is 6.12. The first kappa shape index (κ1) is 11.1.